The van der Waals surface area contributed by atoms with Crippen molar-refractivity contribution in [3.8, 4) is 0 Å². The van der Waals surface area contributed by atoms with Gasteiger partial charge in [-0.2, -0.15) is 9.97 Å². The van der Waals surface area contributed by atoms with Crippen molar-refractivity contribution in [1.29, 1.82) is 0 Å². The number of benzene rings is 1. The highest BCUT2D eigenvalue weighted by Gasteiger charge is 2.27. The van der Waals surface area contributed by atoms with Crippen LogP contribution in [0.4, 0.5) is 5.95 Å². The third-order valence-electron chi connectivity index (χ3n) is 3.23. The summed E-state index contributed by atoms with van der Waals surface area (Å²) in [4.78, 5) is 13.1. The molecule has 0 spiro atoms. The van der Waals surface area contributed by atoms with E-state index in [4.69, 9.17) is 5.73 Å². The molecule has 0 bridgehead atoms. The molecule has 4 heteroatoms. The minimum Gasteiger partial charge on any atom is -0.368 e. The molecule has 0 saturated carbocycles. The molecule has 0 aliphatic carbocycles. The third-order valence-corrected chi connectivity index (χ3v) is 3.23. The molecule has 2 rings (SSSR count). The summed E-state index contributed by atoms with van der Waals surface area (Å²) in [5, 5.41) is 0. The first kappa shape index (κ1) is 13.5. The zero-order chi connectivity index (χ0) is 13.9. The summed E-state index contributed by atoms with van der Waals surface area (Å²) in [7, 11) is 0. The predicted molar refractivity (Wildman–Crippen MR) is 76.8 cm³/mol. The zero-order valence-electron chi connectivity index (χ0n) is 11.7. The van der Waals surface area contributed by atoms with Crippen LogP contribution in [-0.2, 0) is 11.8 Å². The van der Waals surface area contributed by atoms with Gasteiger partial charge in [0.2, 0.25) is 5.95 Å². The van der Waals surface area contributed by atoms with E-state index in [1.165, 1.54) is 5.56 Å². The molecule has 0 radical (unpaired) electrons. The van der Waals surface area contributed by atoms with Gasteiger partial charge in [0.25, 0.3) is 0 Å². The molecule has 1 aromatic heterocycles. The summed E-state index contributed by atoms with van der Waals surface area (Å²) in [5.74, 6) is 1.81. The number of aryl methyl sites for hydroxylation is 1. The highest BCUT2D eigenvalue weighted by Crippen LogP contribution is 2.28. The van der Waals surface area contributed by atoms with E-state index in [1.54, 1.807) is 0 Å². The molecule has 0 atom stereocenters. The van der Waals surface area contributed by atoms with E-state index < -0.39 is 0 Å². The van der Waals surface area contributed by atoms with Gasteiger partial charge in [-0.05, 0) is 25.8 Å². The number of nitrogens with two attached hydrogens (primary N) is 1. The first-order chi connectivity index (χ1) is 9.04. The van der Waals surface area contributed by atoms with Crippen molar-refractivity contribution in [2.24, 2.45) is 0 Å². The van der Waals surface area contributed by atoms with Crippen molar-refractivity contribution in [3.05, 3.63) is 47.5 Å². The largest absolute Gasteiger partial charge is 0.368 e. The number of nitrogens with zero attached hydrogens (tertiary/aromatic N) is 3. The monoisotopic (exact) mass is 256 g/mol. The maximum absolute atomic E-state index is 5.80. The standard InChI is InChI=1S/C15H20N4/c1-4-8-12-17-13(19-14(16)18-12)15(2,3)11-9-6-5-7-10-11/h5-7,9-10H,4,8H2,1-3H3,(H2,16,17,18,19). The Kier molecular flexibility index (Phi) is 3.79. The molecule has 0 aliphatic rings. The van der Waals surface area contributed by atoms with Crippen LogP contribution in [0.15, 0.2) is 30.3 Å². The van der Waals surface area contributed by atoms with Crippen LogP contribution in [0.25, 0.3) is 0 Å². The van der Waals surface area contributed by atoms with Crippen LogP contribution in [0.3, 0.4) is 0 Å². The second kappa shape index (κ2) is 5.34. The molecule has 100 valence electrons. The minimum atomic E-state index is -0.277. The van der Waals surface area contributed by atoms with Gasteiger partial charge in [-0.1, -0.05) is 37.3 Å². The Morgan fingerprint density at radius 1 is 1.05 bits per heavy atom. The SMILES string of the molecule is CCCc1nc(N)nc(C(C)(C)c2ccccc2)n1. The van der Waals surface area contributed by atoms with Crippen molar-refractivity contribution >= 4 is 5.95 Å². The van der Waals surface area contributed by atoms with Gasteiger partial charge in [-0.15, -0.1) is 0 Å². The van der Waals surface area contributed by atoms with Crippen molar-refractivity contribution in [1.82, 2.24) is 15.0 Å². The van der Waals surface area contributed by atoms with Crippen molar-refractivity contribution in [2.45, 2.75) is 39.0 Å². The van der Waals surface area contributed by atoms with Gasteiger partial charge < -0.3 is 5.73 Å². The Labute approximate surface area is 114 Å². The van der Waals surface area contributed by atoms with Crippen LogP contribution in [0, 0.1) is 0 Å². The third kappa shape index (κ3) is 2.89. The lowest BCUT2D eigenvalue weighted by Gasteiger charge is -2.24. The number of hydrogen-bond donors (Lipinski definition) is 1. The van der Waals surface area contributed by atoms with E-state index in [0.29, 0.717) is 5.95 Å². The molecule has 0 saturated heterocycles. The normalized spacial score (nSPS) is 11.5. The van der Waals surface area contributed by atoms with Gasteiger partial charge in [0.1, 0.15) is 11.6 Å². The van der Waals surface area contributed by atoms with Gasteiger partial charge in [0.05, 0.1) is 0 Å². The van der Waals surface area contributed by atoms with Crippen LogP contribution >= 0.6 is 0 Å². The van der Waals surface area contributed by atoms with E-state index in [1.807, 2.05) is 18.2 Å². The fourth-order valence-electron chi connectivity index (χ4n) is 2.04. The lowest BCUT2D eigenvalue weighted by atomic mass is 9.84. The second-order valence-corrected chi connectivity index (χ2v) is 5.17. The summed E-state index contributed by atoms with van der Waals surface area (Å²) >= 11 is 0. The number of aromatic nitrogens is 3. The Bertz CT molecular complexity index is 549. The highest BCUT2D eigenvalue weighted by molar-refractivity contribution is 5.32. The van der Waals surface area contributed by atoms with Crippen LogP contribution < -0.4 is 5.73 Å². The van der Waals surface area contributed by atoms with Crippen LogP contribution in [-0.4, -0.2) is 15.0 Å². The molecule has 19 heavy (non-hydrogen) atoms. The van der Waals surface area contributed by atoms with Gasteiger partial charge in [0.15, 0.2) is 0 Å². The van der Waals surface area contributed by atoms with Crippen LogP contribution in [0.2, 0.25) is 0 Å². The smallest absolute Gasteiger partial charge is 0.223 e. The summed E-state index contributed by atoms with van der Waals surface area (Å²) in [6, 6.07) is 10.2. The van der Waals surface area contributed by atoms with Crippen molar-refractivity contribution in [2.75, 3.05) is 5.73 Å². The molecular formula is C15H20N4. The molecule has 1 aromatic carbocycles. The molecule has 0 amide bonds. The van der Waals surface area contributed by atoms with E-state index in [9.17, 15) is 0 Å². The number of rotatable bonds is 4. The van der Waals surface area contributed by atoms with Gasteiger partial charge >= 0.3 is 0 Å². The number of nitrogen functional groups attached to an aromatic ring is 1. The molecule has 4 nitrogen and oxygen atoms in total. The Hall–Kier alpha value is -1.97. The van der Waals surface area contributed by atoms with E-state index >= 15 is 0 Å². The molecule has 2 N–H and O–H groups in total. The van der Waals surface area contributed by atoms with Crippen molar-refractivity contribution in [3.63, 3.8) is 0 Å². The fraction of sp³-hybridized carbons (Fsp3) is 0.400. The Morgan fingerprint density at radius 3 is 2.37 bits per heavy atom. The lowest BCUT2D eigenvalue weighted by molar-refractivity contribution is 0.578. The average molecular weight is 256 g/mol. The molecule has 0 unspecified atom stereocenters. The summed E-state index contributed by atoms with van der Waals surface area (Å²) in [6.45, 7) is 6.31. The predicted octanol–water partition coefficient (Wildman–Crippen LogP) is 2.73. The number of hydrogen-bond acceptors (Lipinski definition) is 4. The molecule has 0 aliphatic heterocycles. The van der Waals surface area contributed by atoms with Gasteiger partial charge in [-0.3, -0.25) is 0 Å². The quantitative estimate of drug-likeness (QED) is 0.913. The van der Waals surface area contributed by atoms with Crippen molar-refractivity contribution < 1.29 is 0 Å². The molecular weight excluding hydrogens is 236 g/mol. The maximum Gasteiger partial charge on any atom is 0.223 e. The summed E-state index contributed by atoms with van der Waals surface area (Å²) in [5.41, 5.74) is 6.69. The minimum absolute atomic E-state index is 0.277. The molecule has 0 fully saturated rings. The van der Waals surface area contributed by atoms with Crippen LogP contribution in [0.5, 0.6) is 0 Å². The first-order valence-corrected chi connectivity index (χ1v) is 6.60. The Balaban J connectivity index is 2.45. The average Bonchev–Trinajstić information content (AvgIpc) is 2.39. The highest BCUT2D eigenvalue weighted by atomic mass is 15.1. The van der Waals surface area contributed by atoms with Gasteiger partial charge in [0, 0.05) is 11.8 Å². The number of anilines is 1. The molecule has 2 aromatic rings. The fourth-order valence-corrected chi connectivity index (χ4v) is 2.04. The first-order valence-electron chi connectivity index (χ1n) is 6.60. The Morgan fingerprint density at radius 2 is 1.74 bits per heavy atom. The van der Waals surface area contributed by atoms with E-state index in [0.717, 1.165) is 24.5 Å². The van der Waals surface area contributed by atoms with E-state index in [2.05, 4.69) is 47.9 Å². The second-order valence-electron chi connectivity index (χ2n) is 5.17. The maximum atomic E-state index is 5.80. The zero-order valence-corrected chi connectivity index (χ0v) is 11.7. The topological polar surface area (TPSA) is 64.7 Å². The lowest BCUT2D eigenvalue weighted by Crippen LogP contribution is -2.24. The van der Waals surface area contributed by atoms with Gasteiger partial charge in [-0.25, -0.2) is 4.98 Å². The summed E-state index contributed by atoms with van der Waals surface area (Å²) in [6.07, 6.45) is 1.82. The molecule has 1 heterocycles. The summed E-state index contributed by atoms with van der Waals surface area (Å²) < 4.78 is 0. The van der Waals surface area contributed by atoms with E-state index in [-0.39, 0.29) is 5.41 Å². The van der Waals surface area contributed by atoms with Crippen LogP contribution in [0.1, 0.15) is 44.4 Å².